The molecule has 6 heteroatoms. The van der Waals surface area contributed by atoms with Gasteiger partial charge in [-0.3, -0.25) is 4.57 Å². The van der Waals surface area contributed by atoms with Crippen molar-refractivity contribution in [2.45, 2.75) is 13.5 Å². The van der Waals surface area contributed by atoms with E-state index < -0.39 is 0 Å². The van der Waals surface area contributed by atoms with Crippen LogP contribution < -0.4 is 4.90 Å². The lowest BCUT2D eigenvalue weighted by molar-refractivity contribution is 0.301. The van der Waals surface area contributed by atoms with Gasteiger partial charge in [0, 0.05) is 56.0 Å². The van der Waals surface area contributed by atoms with Crippen molar-refractivity contribution in [3.63, 3.8) is 0 Å². The summed E-state index contributed by atoms with van der Waals surface area (Å²) in [6, 6.07) is 19.1. The van der Waals surface area contributed by atoms with E-state index in [2.05, 4.69) is 82.7 Å². The molecular formula is C29H30N6. The molecule has 35 heavy (non-hydrogen) atoms. The van der Waals surface area contributed by atoms with Crippen LogP contribution in [0.2, 0.25) is 0 Å². The zero-order valence-corrected chi connectivity index (χ0v) is 20.5. The number of anilines is 1. The number of benzene rings is 2. The third kappa shape index (κ3) is 3.82. The zero-order valence-electron chi connectivity index (χ0n) is 20.5. The highest BCUT2D eigenvalue weighted by molar-refractivity contribution is 5.72. The highest BCUT2D eigenvalue weighted by Crippen LogP contribution is 2.36. The minimum atomic E-state index is 0.676. The van der Waals surface area contributed by atoms with Gasteiger partial charge in [0.1, 0.15) is 0 Å². The van der Waals surface area contributed by atoms with E-state index in [1.54, 1.807) is 0 Å². The summed E-state index contributed by atoms with van der Waals surface area (Å²) in [6.07, 6.45) is 6.15. The molecule has 0 N–H and O–H groups in total. The number of nitriles is 1. The Morgan fingerprint density at radius 1 is 1.06 bits per heavy atom. The lowest BCUT2D eigenvalue weighted by Crippen LogP contribution is -2.27. The Morgan fingerprint density at radius 3 is 2.66 bits per heavy atom. The minimum Gasteiger partial charge on any atom is -0.371 e. The molecule has 2 aliphatic heterocycles. The average molecular weight is 463 g/mol. The van der Waals surface area contributed by atoms with Gasteiger partial charge >= 0.3 is 0 Å². The summed E-state index contributed by atoms with van der Waals surface area (Å²) in [7, 11) is 4.34. The third-order valence-electron chi connectivity index (χ3n) is 7.51. The summed E-state index contributed by atoms with van der Waals surface area (Å²) < 4.78 is 4.52. The van der Waals surface area contributed by atoms with Gasteiger partial charge in [0.2, 0.25) is 0 Å². The Bertz CT molecular complexity index is 1420. The quantitative estimate of drug-likeness (QED) is 0.382. The first-order chi connectivity index (χ1) is 17.0. The molecule has 0 amide bonds. The molecule has 0 bridgehead atoms. The molecule has 0 saturated carbocycles. The van der Waals surface area contributed by atoms with Crippen LogP contribution in [0.5, 0.6) is 0 Å². The predicted octanol–water partition coefficient (Wildman–Crippen LogP) is 4.88. The summed E-state index contributed by atoms with van der Waals surface area (Å²) in [5.41, 5.74) is 7.83. The molecule has 176 valence electrons. The second-order valence-corrected chi connectivity index (χ2v) is 10.3. The summed E-state index contributed by atoms with van der Waals surface area (Å²) >= 11 is 0. The van der Waals surface area contributed by atoms with Crippen LogP contribution in [0.15, 0.2) is 67.1 Å². The highest BCUT2D eigenvalue weighted by Gasteiger charge is 2.30. The van der Waals surface area contributed by atoms with E-state index in [1.807, 2.05) is 30.5 Å². The Labute approximate surface area is 206 Å². The summed E-state index contributed by atoms with van der Waals surface area (Å²) in [4.78, 5) is 9.58. The van der Waals surface area contributed by atoms with E-state index in [0.29, 0.717) is 17.4 Å². The molecule has 6 rings (SSSR count). The van der Waals surface area contributed by atoms with Crippen LogP contribution in [0.25, 0.3) is 28.3 Å². The summed E-state index contributed by atoms with van der Waals surface area (Å²) in [5, 5.41) is 9.14. The largest absolute Gasteiger partial charge is 0.371 e. The Kier molecular flexibility index (Phi) is 5.23. The zero-order chi connectivity index (χ0) is 24.1. The van der Waals surface area contributed by atoms with Crippen molar-refractivity contribution in [3.05, 3.63) is 78.2 Å². The van der Waals surface area contributed by atoms with Gasteiger partial charge in [-0.15, -0.1) is 0 Å². The third-order valence-corrected chi connectivity index (χ3v) is 7.51. The van der Waals surface area contributed by atoms with Gasteiger partial charge in [-0.2, -0.15) is 5.26 Å². The number of nitrogens with zero attached hydrogens (tertiary/aromatic N) is 6. The van der Waals surface area contributed by atoms with E-state index in [-0.39, 0.29) is 0 Å². The molecule has 0 unspecified atom stereocenters. The molecule has 2 aliphatic rings. The normalized spacial score (nSPS) is 18.7. The monoisotopic (exact) mass is 462 g/mol. The standard InChI is InChI=1S/C29H30N6/c1-20-15-33(19-25(20)16-32(2)3)26-8-9-27-24(12-26)18-34-17-23(22-6-4-21(14-30)5-7-22)13-28(34)29-31-10-11-35(27)29/h4-13,17,20,25H,15-16,18-19H2,1-3H3/t20-,25-/m1/s1. The van der Waals surface area contributed by atoms with Crippen LogP contribution in [0, 0.1) is 23.2 Å². The van der Waals surface area contributed by atoms with Crippen molar-refractivity contribution < 1.29 is 0 Å². The number of hydrogen-bond donors (Lipinski definition) is 0. The molecule has 1 fully saturated rings. The number of aromatic nitrogens is 3. The van der Waals surface area contributed by atoms with Crippen LogP contribution in [0.3, 0.4) is 0 Å². The van der Waals surface area contributed by atoms with Crippen molar-refractivity contribution in [1.29, 1.82) is 5.26 Å². The molecule has 4 aromatic rings. The van der Waals surface area contributed by atoms with Crippen molar-refractivity contribution in [1.82, 2.24) is 19.0 Å². The lowest BCUT2D eigenvalue weighted by atomic mass is 9.98. The molecular weight excluding hydrogens is 432 g/mol. The van der Waals surface area contributed by atoms with Gasteiger partial charge in [-0.1, -0.05) is 19.1 Å². The maximum atomic E-state index is 9.14. The maximum absolute atomic E-state index is 9.14. The van der Waals surface area contributed by atoms with E-state index in [4.69, 9.17) is 10.2 Å². The van der Waals surface area contributed by atoms with Gasteiger partial charge in [-0.25, -0.2) is 4.98 Å². The molecule has 2 atom stereocenters. The van der Waals surface area contributed by atoms with Gasteiger partial charge < -0.3 is 14.4 Å². The number of fused-ring (bicyclic) bond motifs is 5. The Hall–Kier alpha value is -3.82. The molecule has 0 aliphatic carbocycles. The van der Waals surface area contributed by atoms with Crippen LogP contribution in [-0.2, 0) is 6.54 Å². The van der Waals surface area contributed by atoms with Crippen molar-refractivity contribution in [2.24, 2.45) is 11.8 Å². The fraction of sp³-hybridized carbons (Fsp3) is 0.310. The lowest BCUT2D eigenvalue weighted by Gasteiger charge is -2.22. The molecule has 4 heterocycles. The van der Waals surface area contributed by atoms with E-state index >= 15 is 0 Å². The topological polar surface area (TPSA) is 53.0 Å². The smallest absolute Gasteiger partial charge is 0.161 e. The van der Waals surface area contributed by atoms with Gasteiger partial charge in [0.15, 0.2) is 5.82 Å². The van der Waals surface area contributed by atoms with Crippen molar-refractivity contribution >= 4 is 5.69 Å². The fourth-order valence-corrected chi connectivity index (χ4v) is 5.68. The maximum Gasteiger partial charge on any atom is 0.161 e. The van der Waals surface area contributed by atoms with Gasteiger partial charge in [0.05, 0.1) is 23.0 Å². The minimum absolute atomic E-state index is 0.676. The first-order valence-electron chi connectivity index (χ1n) is 12.3. The summed E-state index contributed by atoms with van der Waals surface area (Å²) in [6.45, 7) is 6.51. The molecule has 0 radical (unpaired) electrons. The molecule has 1 saturated heterocycles. The van der Waals surface area contributed by atoms with Crippen LogP contribution in [0.1, 0.15) is 18.1 Å². The number of rotatable bonds is 4. The predicted molar refractivity (Wildman–Crippen MR) is 140 cm³/mol. The first kappa shape index (κ1) is 21.7. The van der Waals surface area contributed by atoms with Crippen molar-refractivity contribution in [2.75, 3.05) is 38.6 Å². The first-order valence-corrected chi connectivity index (χ1v) is 12.3. The fourth-order valence-electron chi connectivity index (χ4n) is 5.68. The second kappa shape index (κ2) is 8.44. The van der Waals surface area contributed by atoms with E-state index in [9.17, 15) is 0 Å². The highest BCUT2D eigenvalue weighted by atomic mass is 15.2. The second-order valence-electron chi connectivity index (χ2n) is 10.3. The Morgan fingerprint density at radius 2 is 1.89 bits per heavy atom. The Balaban J connectivity index is 1.36. The van der Waals surface area contributed by atoms with Crippen LogP contribution in [-0.4, -0.2) is 52.7 Å². The van der Waals surface area contributed by atoms with Gasteiger partial charge in [0.25, 0.3) is 0 Å². The number of hydrogen-bond acceptors (Lipinski definition) is 4. The summed E-state index contributed by atoms with van der Waals surface area (Å²) in [5.74, 6) is 2.33. The molecule has 6 nitrogen and oxygen atoms in total. The van der Waals surface area contributed by atoms with E-state index in [1.165, 1.54) is 16.9 Å². The SMILES string of the molecule is C[C@@H]1CN(c2ccc3c(c2)Cn2cc(-c4ccc(C#N)cc4)cc2-c2nccn2-3)C[C@H]1CN(C)C. The van der Waals surface area contributed by atoms with Crippen molar-refractivity contribution in [3.8, 4) is 34.4 Å². The van der Waals surface area contributed by atoms with E-state index in [0.717, 1.165) is 48.8 Å². The average Bonchev–Trinajstić information content (AvgIpc) is 3.56. The molecule has 2 aromatic carbocycles. The number of imidazole rings is 1. The van der Waals surface area contributed by atoms with Crippen LogP contribution >= 0.6 is 0 Å². The van der Waals surface area contributed by atoms with Gasteiger partial charge in [-0.05, 0) is 73.5 Å². The molecule has 2 aromatic heterocycles. The van der Waals surface area contributed by atoms with Crippen LogP contribution in [0.4, 0.5) is 5.69 Å². The molecule has 0 spiro atoms.